The number of aryl methyl sites for hydroxylation is 2. The van der Waals surface area contributed by atoms with Gasteiger partial charge in [-0.15, -0.1) is 0 Å². The number of hydrogen-bond donors (Lipinski definition) is 2. The Morgan fingerprint density at radius 1 is 1.50 bits per heavy atom. The number of hydrogen-bond acceptors (Lipinski definition) is 3. The molecule has 1 heterocycles. The Bertz CT molecular complexity index is 309. The lowest BCUT2D eigenvalue weighted by atomic mass is 10.2. The number of rotatable bonds is 7. The number of aliphatic hydroxyl groups is 1. The molecule has 0 aliphatic rings. The molecule has 92 valence electrons. The third-order valence-corrected chi connectivity index (χ3v) is 2.59. The molecule has 1 atom stereocenters. The van der Waals surface area contributed by atoms with Gasteiger partial charge in [0.15, 0.2) is 0 Å². The Labute approximate surface area is 97.7 Å². The van der Waals surface area contributed by atoms with Crippen molar-refractivity contribution in [1.29, 1.82) is 0 Å². The van der Waals surface area contributed by atoms with Gasteiger partial charge < -0.3 is 10.4 Å². The zero-order valence-electron chi connectivity index (χ0n) is 10.5. The molecule has 0 spiro atoms. The zero-order chi connectivity index (χ0) is 12.0. The summed E-state index contributed by atoms with van der Waals surface area (Å²) in [6.45, 7) is 8.49. The Morgan fingerprint density at radius 3 is 2.88 bits per heavy atom. The number of nitrogens with zero attached hydrogens (tertiary/aromatic N) is 2. The quantitative estimate of drug-likeness (QED) is 0.738. The largest absolute Gasteiger partial charge is 0.392 e. The second-order valence-electron chi connectivity index (χ2n) is 4.17. The van der Waals surface area contributed by atoms with Crippen LogP contribution < -0.4 is 5.32 Å². The van der Waals surface area contributed by atoms with Gasteiger partial charge in [-0.05, 0) is 26.3 Å². The van der Waals surface area contributed by atoms with Crippen LogP contribution in [0.1, 0.15) is 38.1 Å². The summed E-state index contributed by atoms with van der Waals surface area (Å²) in [5.74, 6) is 0. The molecular formula is C12H23N3O. The van der Waals surface area contributed by atoms with Crippen LogP contribution in [0.2, 0.25) is 0 Å². The van der Waals surface area contributed by atoms with Gasteiger partial charge in [-0.3, -0.25) is 4.68 Å². The Morgan fingerprint density at radius 2 is 2.25 bits per heavy atom. The van der Waals surface area contributed by atoms with Crippen molar-refractivity contribution in [2.75, 3.05) is 6.54 Å². The van der Waals surface area contributed by atoms with Crippen LogP contribution in [0.3, 0.4) is 0 Å². The van der Waals surface area contributed by atoms with Crippen molar-refractivity contribution in [1.82, 2.24) is 15.1 Å². The van der Waals surface area contributed by atoms with Crippen LogP contribution in [-0.4, -0.2) is 27.5 Å². The van der Waals surface area contributed by atoms with Crippen LogP contribution in [0, 0.1) is 6.92 Å². The predicted molar refractivity (Wildman–Crippen MR) is 65.3 cm³/mol. The van der Waals surface area contributed by atoms with Gasteiger partial charge >= 0.3 is 0 Å². The van der Waals surface area contributed by atoms with E-state index in [-0.39, 0.29) is 6.10 Å². The summed E-state index contributed by atoms with van der Waals surface area (Å²) in [6, 6.07) is 2.09. The molecular weight excluding hydrogens is 202 g/mol. The molecule has 0 radical (unpaired) electrons. The fourth-order valence-corrected chi connectivity index (χ4v) is 1.82. The molecule has 1 rings (SSSR count). The minimum Gasteiger partial charge on any atom is -0.392 e. The maximum absolute atomic E-state index is 9.57. The summed E-state index contributed by atoms with van der Waals surface area (Å²) >= 11 is 0. The molecule has 4 heteroatoms. The van der Waals surface area contributed by atoms with E-state index in [9.17, 15) is 5.11 Å². The molecule has 0 aliphatic carbocycles. The van der Waals surface area contributed by atoms with E-state index in [2.05, 4.69) is 30.3 Å². The SMILES string of the molecule is CCCC(O)CNCc1cc(C)nn1CC. The Hall–Kier alpha value is -0.870. The first-order valence-electron chi connectivity index (χ1n) is 6.09. The number of nitrogens with one attached hydrogen (secondary N) is 1. The van der Waals surface area contributed by atoms with Gasteiger partial charge in [0.1, 0.15) is 0 Å². The van der Waals surface area contributed by atoms with Crippen molar-refractivity contribution in [2.45, 2.75) is 52.8 Å². The van der Waals surface area contributed by atoms with Gasteiger partial charge in [-0.1, -0.05) is 13.3 Å². The molecule has 1 unspecified atom stereocenters. The van der Waals surface area contributed by atoms with Gasteiger partial charge in [0.2, 0.25) is 0 Å². The summed E-state index contributed by atoms with van der Waals surface area (Å²) in [6.07, 6.45) is 1.65. The van der Waals surface area contributed by atoms with E-state index in [1.807, 2.05) is 11.6 Å². The first-order valence-corrected chi connectivity index (χ1v) is 6.09. The summed E-state index contributed by atoms with van der Waals surface area (Å²) in [4.78, 5) is 0. The second-order valence-corrected chi connectivity index (χ2v) is 4.17. The monoisotopic (exact) mass is 225 g/mol. The number of aliphatic hydroxyl groups excluding tert-OH is 1. The third kappa shape index (κ3) is 3.94. The molecule has 0 amide bonds. The zero-order valence-corrected chi connectivity index (χ0v) is 10.5. The standard InChI is InChI=1S/C12H23N3O/c1-4-6-12(16)9-13-8-11-7-10(3)14-15(11)5-2/h7,12-13,16H,4-6,8-9H2,1-3H3. The average Bonchev–Trinajstić information content (AvgIpc) is 2.59. The van der Waals surface area contributed by atoms with E-state index in [1.165, 1.54) is 5.69 Å². The molecule has 1 aromatic rings. The van der Waals surface area contributed by atoms with Gasteiger partial charge in [0.05, 0.1) is 17.5 Å². The highest BCUT2D eigenvalue weighted by atomic mass is 16.3. The molecule has 0 saturated heterocycles. The summed E-state index contributed by atoms with van der Waals surface area (Å²) < 4.78 is 1.99. The van der Waals surface area contributed by atoms with Crippen LogP contribution >= 0.6 is 0 Å². The van der Waals surface area contributed by atoms with Gasteiger partial charge in [-0.2, -0.15) is 5.10 Å². The van der Waals surface area contributed by atoms with E-state index < -0.39 is 0 Å². The van der Waals surface area contributed by atoms with E-state index in [0.717, 1.165) is 31.6 Å². The Balaban J connectivity index is 2.36. The first kappa shape index (κ1) is 13.2. The molecule has 0 aromatic carbocycles. The molecule has 1 aromatic heterocycles. The van der Waals surface area contributed by atoms with Crippen LogP contribution in [0.5, 0.6) is 0 Å². The lowest BCUT2D eigenvalue weighted by molar-refractivity contribution is 0.160. The highest BCUT2D eigenvalue weighted by Gasteiger charge is 2.05. The van der Waals surface area contributed by atoms with Gasteiger partial charge in [0.25, 0.3) is 0 Å². The summed E-state index contributed by atoms with van der Waals surface area (Å²) in [7, 11) is 0. The lowest BCUT2D eigenvalue weighted by Gasteiger charge is -2.11. The summed E-state index contributed by atoms with van der Waals surface area (Å²) in [5, 5.41) is 17.2. The molecule has 0 bridgehead atoms. The Kier molecular flexibility index (Phi) is 5.49. The second kappa shape index (κ2) is 6.66. The molecule has 16 heavy (non-hydrogen) atoms. The highest BCUT2D eigenvalue weighted by molar-refractivity contribution is 5.08. The van der Waals surface area contributed by atoms with Crippen LogP contribution in [0.4, 0.5) is 0 Å². The highest BCUT2D eigenvalue weighted by Crippen LogP contribution is 2.03. The average molecular weight is 225 g/mol. The van der Waals surface area contributed by atoms with Gasteiger partial charge in [0, 0.05) is 19.6 Å². The summed E-state index contributed by atoms with van der Waals surface area (Å²) in [5.41, 5.74) is 2.23. The van der Waals surface area contributed by atoms with Gasteiger partial charge in [-0.25, -0.2) is 0 Å². The van der Waals surface area contributed by atoms with Crippen molar-refractivity contribution >= 4 is 0 Å². The van der Waals surface area contributed by atoms with E-state index in [1.54, 1.807) is 0 Å². The molecule has 0 aliphatic heterocycles. The topological polar surface area (TPSA) is 50.1 Å². The minimum atomic E-state index is -0.232. The molecule has 2 N–H and O–H groups in total. The van der Waals surface area contributed by atoms with Crippen molar-refractivity contribution < 1.29 is 5.11 Å². The van der Waals surface area contributed by atoms with E-state index in [4.69, 9.17) is 0 Å². The fraction of sp³-hybridized carbons (Fsp3) is 0.750. The molecule has 0 saturated carbocycles. The van der Waals surface area contributed by atoms with Crippen LogP contribution in [0.15, 0.2) is 6.07 Å². The molecule has 4 nitrogen and oxygen atoms in total. The van der Waals surface area contributed by atoms with Crippen molar-refractivity contribution in [3.8, 4) is 0 Å². The maximum Gasteiger partial charge on any atom is 0.0664 e. The van der Waals surface area contributed by atoms with E-state index >= 15 is 0 Å². The van der Waals surface area contributed by atoms with E-state index in [0.29, 0.717) is 6.54 Å². The predicted octanol–water partition coefficient (Wildman–Crippen LogP) is 1.46. The van der Waals surface area contributed by atoms with Crippen LogP contribution in [0.25, 0.3) is 0 Å². The normalized spacial score (nSPS) is 13.0. The number of aromatic nitrogens is 2. The van der Waals surface area contributed by atoms with Crippen molar-refractivity contribution in [3.05, 3.63) is 17.5 Å². The fourth-order valence-electron chi connectivity index (χ4n) is 1.82. The third-order valence-electron chi connectivity index (χ3n) is 2.59. The van der Waals surface area contributed by atoms with Crippen LogP contribution in [-0.2, 0) is 13.1 Å². The maximum atomic E-state index is 9.57. The van der Waals surface area contributed by atoms with Crippen molar-refractivity contribution in [3.63, 3.8) is 0 Å². The first-order chi connectivity index (χ1) is 7.67. The minimum absolute atomic E-state index is 0.232. The lowest BCUT2D eigenvalue weighted by Crippen LogP contribution is -2.27. The van der Waals surface area contributed by atoms with Crippen molar-refractivity contribution in [2.24, 2.45) is 0 Å². The smallest absolute Gasteiger partial charge is 0.0664 e. The molecule has 0 fully saturated rings.